The van der Waals surface area contributed by atoms with Gasteiger partial charge in [0.2, 0.25) is 0 Å². The molecule has 2 heteroatoms. The van der Waals surface area contributed by atoms with Crippen molar-refractivity contribution in [3.63, 3.8) is 0 Å². The van der Waals surface area contributed by atoms with E-state index < -0.39 is 0 Å². The average molecular weight is 220 g/mol. The molecule has 0 amide bonds. The van der Waals surface area contributed by atoms with Crippen LogP contribution in [0.15, 0.2) is 17.5 Å². The standard InChI is InChI=1S/C13H16OS/c1-4-11(8-15)13-6-9(2)5-12(7-14)10(13)3/h5-8,15H,4H2,1-3H3/b11-8-. The summed E-state index contributed by atoms with van der Waals surface area (Å²) in [5, 5.41) is 1.82. The van der Waals surface area contributed by atoms with E-state index in [4.69, 9.17) is 0 Å². The zero-order valence-electron chi connectivity index (χ0n) is 9.37. The van der Waals surface area contributed by atoms with E-state index in [1.807, 2.05) is 25.3 Å². The molecule has 1 rings (SSSR count). The minimum atomic E-state index is 0.770. The molecule has 0 saturated heterocycles. The lowest BCUT2D eigenvalue weighted by atomic mass is 9.94. The summed E-state index contributed by atoms with van der Waals surface area (Å²) in [5.74, 6) is 0. The average Bonchev–Trinajstić information content (AvgIpc) is 2.24. The first-order chi connectivity index (χ1) is 7.13. The van der Waals surface area contributed by atoms with Crippen LogP contribution in [0.2, 0.25) is 0 Å². The molecule has 0 bridgehead atoms. The van der Waals surface area contributed by atoms with Gasteiger partial charge in [0, 0.05) is 5.56 Å². The molecule has 0 heterocycles. The third-order valence-electron chi connectivity index (χ3n) is 2.60. The molecule has 0 N–H and O–H groups in total. The van der Waals surface area contributed by atoms with Crippen molar-refractivity contribution in [2.75, 3.05) is 0 Å². The highest BCUT2D eigenvalue weighted by atomic mass is 32.1. The molecule has 0 unspecified atom stereocenters. The number of benzene rings is 1. The second kappa shape index (κ2) is 5.17. The first-order valence-corrected chi connectivity index (χ1v) is 5.55. The summed E-state index contributed by atoms with van der Waals surface area (Å²) >= 11 is 4.20. The summed E-state index contributed by atoms with van der Waals surface area (Å²) in [5.41, 5.74) is 5.22. The van der Waals surface area contributed by atoms with Crippen molar-refractivity contribution in [3.05, 3.63) is 39.8 Å². The molecule has 0 aliphatic rings. The summed E-state index contributed by atoms with van der Waals surface area (Å²) in [4.78, 5) is 10.9. The Labute approximate surface area is 96.6 Å². The summed E-state index contributed by atoms with van der Waals surface area (Å²) in [6.07, 6.45) is 1.84. The molecule has 1 aromatic rings. The van der Waals surface area contributed by atoms with Crippen LogP contribution in [0.5, 0.6) is 0 Å². The third kappa shape index (κ3) is 2.51. The van der Waals surface area contributed by atoms with Crippen molar-refractivity contribution < 1.29 is 4.79 Å². The van der Waals surface area contributed by atoms with Gasteiger partial charge in [-0.25, -0.2) is 0 Å². The molecular weight excluding hydrogens is 204 g/mol. The van der Waals surface area contributed by atoms with E-state index in [-0.39, 0.29) is 0 Å². The maximum Gasteiger partial charge on any atom is 0.150 e. The number of thiol groups is 1. The number of rotatable bonds is 3. The molecule has 1 aromatic carbocycles. The van der Waals surface area contributed by atoms with E-state index in [1.165, 1.54) is 5.57 Å². The first kappa shape index (κ1) is 12.1. The monoisotopic (exact) mass is 220 g/mol. The van der Waals surface area contributed by atoms with Gasteiger partial charge >= 0.3 is 0 Å². The van der Waals surface area contributed by atoms with Crippen LogP contribution in [0.4, 0.5) is 0 Å². The summed E-state index contributed by atoms with van der Waals surface area (Å²) < 4.78 is 0. The van der Waals surface area contributed by atoms with Gasteiger partial charge in [0.05, 0.1) is 0 Å². The summed E-state index contributed by atoms with van der Waals surface area (Å²) in [7, 11) is 0. The fraction of sp³-hybridized carbons (Fsp3) is 0.308. The van der Waals surface area contributed by atoms with Crippen LogP contribution in [-0.2, 0) is 0 Å². The van der Waals surface area contributed by atoms with Crippen LogP contribution in [0.25, 0.3) is 5.57 Å². The largest absolute Gasteiger partial charge is 0.298 e. The molecule has 1 nitrogen and oxygen atoms in total. The normalized spacial score (nSPS) is 11.6. The Bertz CT molecular complexity index is 405. The molecule has 0 spiro atoms. The van der Waals surface area contributed by atoms with Gasteiger partial charge in [-0.05, 0) is 54.0 Å². The number of aryl methyl sites for hydroxylation is 1. The second-order valence-corrected chi connectivity index (χ2v) is 3.91. The van der Waals surface area contributed by atoms with Crippen LogP contribution < -0.4 is 0 Å². The van der Waals surface area contributed by atoms with Gasteiger partial charge < -0.3 is 0 Å². The van der Waals surface area contributed by atoms with Crippen LogP contribution in [-0.4, -0.2) is 6.29 Å². The highest BCUT2D eigenvalue weighted by Crippen LogP contribution is 2.25. The molecule has 80 valence electrons. The van der Waals surface area contributed by atoms with E-state index in [1.54, 1.807) is 0 Å². The number of hydrogen-bond acceptors (Lipinski definition) is 2. The van der Waals surface area contributed by atoms with Gasteiger partial charge in [-0.3, -0.25) is 4.79 Å². The Balaban J connectivity index is 3.41. The lowest BCUT2D eigenvalue weighted by Gasteiger charge is -2.11. The summed E-state index contributed by atoms with van der Waals surface area (Å²) in [6, 6.07) is 4.02. The predicted octanol–water partition coefficient (Wildman–Crippen LogP) is 3.80. The van der Waals surface area contributed by atoms with Crippen molar-refractivity contribution in [1.29, 1.82) is 0 Å². The Morgan fingerprint density at radius 3 is 2.53 bits per heavy atom. The van der Waals surface area contributed by atoms with Crippen LogP contribution >= 0.6 is 12.6 Å². The van der Waals surface area contributed by atoms with Gasteiger partial charge in [0.15, 0.2) is 0 Å². The molecule has 0 saturated carbocycles. The zero-order valence-corrected chi connectivity index (χ0v) is 10.3. The van der Waals surface area contributed by atoms with E-state index in [9.17, 15) is 4.79 Å². The maximum absolute atomic E-state index is 10.9. The highest BCUT2D eigenvalue weighted by Gasteiger charge is 2.07. The zero-order chi connectivity index (χ0) is 11.4. The van der Waals surface area contributed by atoms with Crippen LogP contribution in [0, 0.1) is 13.8 Å². The molecule has 0 fully saturated rings. The van der Waals surface area contributed by atoms with Gasteiger partial charge in [-0.15, -0.1) is 0 Å². The van der Waals surface area contributed by atoms with Crippen LogP contribution in [0.3, 0.4) is 0 Å². The number of carbonyl (C=O) groups excluding carboxylic acids is 1. The first-order valence-electron chi connectivity index (χ1n) is 5.04. The Hall–Kier alpha value is -1.02. The van der Waals surface area contributed by atoms with Crippen molar-refractivity contribution in [2.24, 2.45) is 0 Å². The van der Waals surface area contributed by atoms with Gasteiger partial charge in [0.1, 0.15) is 6.29 Å². The van der Waals surface area contributed by atoms with Crippen molar-refractivity contribution in [3.8, 4) is 0 Å². The predicted molar refractivity (Wildman–Crippen MR) is 68.6 cm³/mol. The lowest BCUT2D eigenvalue weighted by Crippen LogP contribution is -1.95. The lowest BCUT2D eigenvalue weighted by molar-refractivity contribution is 0.112. The van der Waals surface area contributed by atoms with Crippen molar-refractivity contribution in [1.82, 2.24) is 0 Å². The van der Waals surface area contributed by atoms with Gasteiger partial charge in [0.25, 0.3) is 0 Å². The van der Waals surface area contributed by atoms with E-state index in [2.05, 4.69) is 25.6 Å². The minimum Gasteiger partial charge on any atom is -0.298 e. The molecule has 0 aliphatic heterocycles. The van der Waals surface area contributed by atoms with Gasteiger partial charge in [-0.2, -0.15) is 12.6 Å². The number of allylic oxidation sites excluding steroid dienone is 1. The quantitative estimate of drug-likeness (QED) is 0.605. The third-order valence-corrected chi connectivity index (χ3v) is 2.91. The van der Waals surface area contributed by atoms with Crippen LogP contribution in [0.1, 0.15) is 40.4 Å². The minimum absolute atomic E-state index is 0.770. The van der Waals surface area contributed by atoms with Crippen molar-refractivity contribution in [2.45, 2.75) is 27.2 Å². The Morgan fingerprint density at radius 1 is 1.40 bits per heavy atom. The fourth-order valence-electron chi connectivity index (χ4n) is 1.69. The summed E-state index contributed by atoms with van der Waals surface area (Å²) in [6.45, 7) is 6.07. The number of carbonyl (C=O) groups is 1. The Morgan fingerprint density at radius 2 is 2.07 bits per heavy atom. The Kier molecular flexibility index (Phi) is 4.15. The highest BCUT2D eigenvalue weighted by molar-refractivity contribution is 7.83. The smallest absolute Gasteiger partial charge is 0.150 e. The molecule has 0 atom stereocenters. The molecule has 0 aliphatic carbocycles. The molecule has 0 aromatic heterocycles. The number of aldehydes is 1. The molecule has 15 heavy (non-hydrogen) atoms. The van der Waals surface area contributed by atoms with E-state index in [0.29, 0.717) is 0 Å². The fourth-order valence-corrected chi connectivity index (χ4v) is 2.02. The van der Waals surface area contributed by atoms with E-state index in [0.717, 1.165) is 35.0 Å². The number of hydrogen-bond donors (Lipinski definition) is 1. The maximum atomic E-state index is 10.9. The van der Waals surface area contributed by atoms with Crippen molar-refractivity contribution >= 4 is 24.5 Å². The van der Waals surface area contributed by atoms with E-state index >= 15 is 0 Å². The molecule has 0 radical (unpaired) electrons. The molecular formula is C13H16OS. The topological polar surface area (TPSA) is 17.1 Å². The second-order valence-electron chi connectivity index (χ2n) is 3.65. The van der Waals surface area contributed by atoms with Gasteiger partial charge in [-0.1, -0.05) is 13.0 Å². The SMILES string of the molecule is CC/C(=C/S)c1cc(C)cc(C=O)c1C.